The fraction of sp³-hybridized carbons (Fsp3) is 0.462. The van der Waals surface area contributed by atoms with Crippen molar-refractivity contribution in [2.75, 3.05) is 20.8 Å². The highest BCUT2D eigenvalue weighted by atomic mass is 79.9. The molecule has 0 aromatic heterocycles. The second-order valence-corrected chi connectivity index (χ2v) is 5.07. The summed E-state index contributed by atoms with van der Waals surface area (Å²) in [6, 6.07) is 5.91. The van der Waals surface area contributed by atoms with Crippen LogP contribution in [-0.4, -0.2) is 32.8 Å². The van der Waals surface area contributed by atoms with Gasteiger partial charge in [0.2, 0.25) is 0 Å². The molecule has 6 heteroatoms. The molecule has 19 heavy (non-hydrogen) atoms. The number of benzene rings is 1. The molecular weight excluding hydrogens is 310 g/mol. The molecular formula is C13H20BrN3O2. The zero-order chi connectivity index (χ0) is 14.3. The number of nitrogens with zero attached hydrogens (tertiary/aromatic N) is 1. The van der Waals surface area contributed by atoms with E-state index in [2.05, 4.69) is 26.2 Å². The summed E-state index contributed by atoms with van der Waals surface area (Å²) in [5, 5.41) is 3.05. The van der Waals surface area contributed by atoms with Crippen molar-refractivity contribution in [2.24, 2.45) is 10.7 Å². The lowest BCUT2D eigenvalue weighted by atomic mass is 10.2. The quantitative estimate of drug-likeness (QED) is 0.617. The molecule has 0 saturated carbocycles. The molecule has 1 atom stereocenters. The number of nitrogens with one attached hydrogen (secondary N) is 1. The van der Waals surface area contributed by atoms with Crippen LogP contribution in [0.1, 0.15) is 12.5 Å². The van der Waals surface area contributed by atoms with Crippen LogP contribution in [0.25, 0.3) is 0 Å². The van der Waals surface area contributed by atoms with Gasteiger partial charge < -0.3 is 20.5 Å². The summed E-state index contributed by atoms with van der Waals surface area (Å²) in [5.41, 5.74) is 6.79. The molecule has 3 N–H and O–H groups in total. The van der Waals surface area contributed by atoms with E-state index in [4.69, 9.17) is 15.2 Å². The minimum atomic E-state index is 0.123. The van der Waals surface area contributed by atoms with Crippen LogP contribution in [0.15, 0.2) is 27.7 Å². The largest absolute Gasteiger partial charge is 0.496 e. The van der Waals surface area contributed by atoms with Crippen molar-refractivity contribution in [3.05, 3.63) is 28.2 Å². The van der Waals surface area contributed by atoms with E-state index >= 15 is 0 Å². The Balaban J connectivity index is 2.66. The number of hydrogen-bond acceptors (Lipinski definition) is 3. The highest BCUT2D eigenvalue weighted by Gasteiger charge is 2.05. The van der Waals surface area contributed by atoms with Crippen molar-refractivity contribution in [3.63, 3.8) is 0 Å². The molecule has 0 spiro atoms. The van der Waals surface area contributed by atoms with Crippen molar-refractivity contribution in [3.8, 4) is 5.75 Å². The van der Waals surface area contributed by atoms with Crippen molar-refractivity contribution in [1.29, 1.82) is 0 Å². The summed E-state index contributed by atoms with van der Waals surface area (Å²) in [4.78, 5) is 4.29. The second kappa shape index (κ2) is 8.01. The highest BCUT2D eigenvalue weighted by molar-refractivity contribution is 9.10. The lowest BCUT2D eigenvalue weighted by molar-refractivity contribution is 0.179. The number of nitrogens with two attached hydrogens (primary N) is 1. The highest BCUT2D eigenvalue weighted by Crippen LogP contribution is 2.23. The Morgan fingerprint density at radius 3 is 2.84 bits per heavy atom. The maximum absolute atomic E-state index is 5.81. The van der Waals surface area contributed by atoms with Gasteiger partial charge in [0.15, 0.2) is 5.96 Å². The maximum atomic E-state index is 5.81. The first kappa shape index (κ1) is 15.8. The van der Waals surface area contributed by atoms with Gasteiger partial charge in [-0.2, -0.15) is 0 Å². The molecule has 1 aromatic carbocycles. The zero-order valence-electron chi connectivity index (χ0n) is 11.4. The second-order valence-electron chi connectivity index (χ2n) is 4.16. The van der Waals surface area contributed by atoms with Crippen LogP contribution in [0, 0.1) is 0 Å². The van der Waals surface area contributed by atoms with Gasteiger partial charge in [0.25, 0.3) is 0 Å². The number of rotatable bonds is 6. The summed E-state index contributed by atoms with van der Waals surface area (Å²) < 4.78 is 11.3. The fourth-order valence-electron chi connectivity index (χ4n) is 1.63. The lowest BCUT2D eigenvalue weighted by Crippen LogP contribution is -2.40. The Labute approximate surface area is 122 Å². The average molecular weight is 330 g/mol. The van der Waals surface area contributed by atoms with Gasteiger partial charge >= 0.3 is 0 Å². The van der Waals surface area contributed by atoms with Crippen molar-refractivity contribution in [1.82, 2.24) is 5.32 Å². The van der Waals surface area contributed by atoms with Crippen molar-refractivity contribution >= 4 is 21.9 Å². The molecule has 5 nitrogen and oxygen atoms in total. The smallest absolute Gasteiger partial charge is 0.189 e. The summed E-state index contributed by atoms with van der Waals surface area (Å²) in [6.45, 7) is 3.02. The predicted molar refractivity (Wildman–Crippen MR) is 80.5 cm³/mol. The van der Waals surface area contributed by atoms with Gasteiger partial charge in [0.1, 0.15) is 5.75 Å². The Bertz CT molecular complexity index is 438. The van der Waals surface area contributed by atoms with Crippen LogP contribution >= 0.6 is 15.9 Å². The van der Waals surface area contributed by atoms with Crippen LogP contribution in [0.2, 0.25) is 0 Å². The molecule has 1 unspecified atom stereocenters. The van der Waals surface area contributed by atoms with Crippen molar-refractivity contribution < 1.29 is 9.47 Å². The first-order valence-corrected chi connectivity index (χ1v) is 6.74. The van der Waals surface area contributed by atoms with Gasteiger partial charge in [0, 0.05) is 23.2 Å². The van der Waals surface area contributed by atoms with Gasteiger partial charge in [-0.25, -0.2) is 4.99 Å². The Morgan fingerprint density at radius 1 is 1.47 bits per heavy atom. The van der Waals surface area contributed by atoms with Gasteiger partial charge in [0.05, 0.1) is 20.3 Å². The van der Waals surface area contributed by atoms with Crippen LogP contribution in [-0.2, 0) is 11.3 Å². The normalized spacial score (nSPS) is 13.2. The predicted octanol–water partition coefficient (Wildman–Crippen LogP) is 1.90. The summed E-state index contributed by atoms with van der Waals surface area (Å²) in [7, 11) is 3.29. The van der Waals surface area contributed by atoms with Gasteiger partial charge in [-0.05, 0) is 25.1 Å². The summed E-state index contributed by atoms with van der Waals surface area (Å²) in [6.07, 6.45) is 0. The molecule has 0 aliphatic carbocycles. The standard InChI is InChI=1S/C13H20BrN3O2/c1-9(8-18-2)17-13(15)16-7-10-6-11(14)4-5-12(10)19-3/h4-6,9H,7-8H2,1-3H3,(H3,15,16,17). The van der Waals surface area contributed by atoms with Crippen LogP contribution < -0.4 is 15.8 Å². The number of methoxy groups -OCH3 is 2. The average Bonchev–Trinajstić information content (AvgIpc) is 2.36. The van der Waals surface area contributed by atoms with Crippen LogP contribution in [0.5, 0.6) is 5.75 Å². The Kier molecular flexibility index (Phi) is 6.66. The third-order valence-electron chi connectivity index (χ3n) is 2.47. The number of guanidine groups is 1. The van der Waals surface area contributed by atoms with E-state index in [1.165, 1.54) is 0 Å². The van der Waals surface area contributed by atoms with Crippen molar-refractivity contribution in [2.45, 2.75) is 19.5 Å². The first-order chi connectivity index (χ1) is 9.06. The van der Waals surface area contributed by atoms with E-state index in [1.54, 1.807) is 14.2 Å². The van der Waals surface area contributed by atoms with Gasteiger partial charge in [-0.15, -0.1) is 0 Å². The molecule has 0 amide bonds. The van der Waals surface area contributed by atoms with E-state index in [-0.39, 0.29) is 6.04 Å². The first-order valence-electron chi connectivity index (χ1n) is 5.94. The Morgan fingerprint density at radius 2 is 2.21 bits per heavy atom. The third-order valence-corrected chi connectivity index (χ3v) is 2.97. The number of hydrogen-bond donors (Lipinski definition) is 2. The number of aliphatic imine (C=N–C) groups is 1. The van der Waals surface area contributed by atoms with Crippen LogP contribution in [0.4, 0.5) is 0 Å². The molecule has 1 rings (SSSR count). The summed E-state index contributed by atoms with van der Waals surface area (Å²) >= 11 is 3.43. The molecule has 0 fully saturated rings. The molecule has 0 aliphatic rings. The molecule has 106 valence electrons. The third kappa shape index (κ3) is 5.48. The minimum absolute atomic E-state index is 0.123. The number of ether oxygens (including phenoxy) is 2. The minimum Gasteiger partial charge on any atom is -0.496 e. The monoisotopic (exact) mass is 329 g/mol. The molecule has 1 aromatic rings. The maximum Gasteiger partial charge on any atom is 0.189 e. The van der Waals surface area contributed by atoms with Gasteiger partial charge in [-0.1, -0.05) is 15.9 Å². The summed E-state index contributed by atoms with van der Waals surface area (Å²) in [5.74, 6) is 1.19. The van der Waals surface area contributed by atoms with Crippen LogP contribution in [0.3, 0.4) is 0 Å². The van der Waals surface area contributed by atoms with E-state index < -0.39 is 0 Å². The topological polar surface area (TPSA) is 68.9 Å². The molecule has 0 saturated heterocycles. The van der Waals surface area contributed by atoms with E-state index in [0.29, 0.717) is 19.1 Å². The molecule has 0 bridgehead atoms. The van der Waals surface area contributed by atoms with E-state index in [1.807, 2.05) is 25.1 Å². The Hall–Kier alpha value is -1.27. The molecule has 0 radical (unpaired) electrons. The lowest BCUT2D eigenvalue weighted by Gasteiger charge is -2.13. The number of halogens is 1. The zero-order valence-corrected chi connectivity index (χ0v) is 13.0. The molecule has 0 aliphatic heterocycles. The van der Waals surface area contributed by atoms with Gasteiger partial charge in [-0.3, -0.25) is 0 Å². The fourth-order valence-corrected chi connectivity index (χ4v) is 2.04. The van der Waals surface area contributed by atoms with E-state index in [0.717, 1.165) is 15.8 Å². The SMILES string of the molecule is COCC(C)NC(N)=NCc1cc(Br)ccc1OC. The van der Waals surface area contributed by atoms with E-state index in [9.17, 15) is 0 Å². The molecule has 0 heterocycles.